The molecule has 0 unspecified atom stereocenters. The highest BCUT2D eigenvalue weighted by molar-refractivity contribution is 6.43. The van der Waals surface area contributed by atoms with E-state index in [2.05, 4.69) is 17.6 Å². The summed E-state index contributed by atoms with van der Waals surface area (Å²) in [4.78, 5) is 11.9. The number of anilines is 1. The second kappa shape index (κ2) is 18.8. The lowest BCUT2D eigenvalue weighted by atomic mass is 10.0. The van der Waals surface area contributed by atoms with E-state index in [-0.39, 0.29) is 6.03 Å². The smallest absolute Gasteiger partial charge is 0.319 e. The summed E-state index contributed by atoms with van der Waals surface area (Å²) in [5.41, 5.74) is 0.536. The van der Waals surface area contributed by atoms with E-state index in [1.807, 2.05) is 0 Å². The average molecular weight is 458 g/mol. The van der Waals surface area contributed by atoms with Gasteiger partial charge in [-0.2, -0.15) is 0 Å². The maximum atomic E-state index is 11.9. The Labute approximate surface area is 194 Å². The number of rotatable bonds is 18. The lowest BCUT2D eigenvalue weighted by Gasteiger charge is -2.09. The van der Waals surface area contributed by atoms with Gasteiger partial charge in [-0.1, -0.05) is 133 Å². The molecule has 0 saturated heterocycles. The summed E-state index contributed by atoms with van der Waals surface area (Å²) in [6.45, 7) is 2.96. The summed E-state index contributed by atoms with van der Waals surface area (Å²) < 4.78 is 0. The molecule has 1 rings (SSSR count). The Morgan fingerprint density at radius 2 is 1.20 bits per heavy atom. The zero-order valence-electron chi connectivity index (χ0n) is 18.9. The monoisotopic (exact) mass is 456 g/mol. The van der Waals surface area contributed by atoms with Gasteiger partial charge < -0.3 is 10.6 Å². The summed E-state index contributed by atoms with van der Waals surface area (Å²) >= 11 is 12.0. The van der Waals surface area contributed by atoms with Gasteiger partial charge in [-0.15, -0.1) is 0 Å². The zero-order chi connectivity index (χ0) is 21.9. The predicted octanol–water partition coefficient (Wildman–Crippen LogP) is 9.38. The minimum atomic E-state index is -0.236. The lowest BCUT2D eigenvalue weighted by Crippen LogP contribution is -2.29. The zero-order valence-corrected chi connectivity index (χ0v) is 20.4. The molecule has 30 heavy (non-hydrogen) atoms. The summed E-state index contributed by atoms with van der Waals surface area (Å²) in [6, 6.07) is 4.96. The van der Waals surface area contributed by atoms with Crippen LogP contribution in [0.2, 0.25) is 10.0 Å². The van der Waals surface area contributed by atoms with Crippen LogP contribution in [0.15, 0.2) is 18.2 Å². The number of carbonyl (C=O) groups is 1. The number of hydrogen-bond acceptors (Lipinski definition) is 1. The van der Waals surface area contributed by atoms with E-state index >= 15 is 0 Å². The molecule has 1 aromatic rings. The fourth-order valence-corrected chi connectivity index (χ4v) is 3.99. The van der Waals surface area contributed by atoms with Crippen molar-refractivity contribution in [1.29, 1.82) is 0 Å². The number of nitrogens with one attached hydrogen (secondary N) is 2. The van der Waals surface area contributed by atoms with Crippen LogP contribution in [0.5, 0.6) is 0 Å². The van der Waals surface area contributed by atoms with Gasteiger partial charge in [0.2, 0.25) is 0 Å². The van der Waals surface area contributed by atoms with Crippen molar-refractivity contribution in [1.82, 2.24) is 5.32 Å². The topological polar surface area (TPSA) is 41.1 Å². The van der Waals surface area contributed by atoms with Gasteiger partial charge >= 0.3 is 6.03 Å². The molecule has 0 aliphatic carbocycles. The molecular weight excluding hydrogens is 415 g/mol. The first-order valence-corrected chi connectivity index (χ1v) is 12.9. The molecule has 0 atom stereocenters. The highest BCUT2D eigenvalue weighted by Crippen LogP contribution is 2.29. The molecule has 0 aromatic heterocycles. The molecule has 0 aliphatic heterocycles. The molecule has 2 amide bonds. The van der Waals surface area contributed by atoms with Crippen molar-refractivity contribution < 1.29 is 4.79 Å². The third-order valence-electron chi connectivity index (χ3n) is 5.52. The first-order chi connectivity index (χ1) is 14.6. The first kappa shape index (κ1) is 27.1. The van der Waals surface area contributed by atoms with Crippen LogP contribution in [0.1, 0.15) is 110 Å². The number of halogens is 2. The SMILES string of the molecule is CCCCCCCCCCCCCCCCCCNC(=O)Nc1cccc(Cl)c1Cl. The van der Waals surface area contributed by atoms with E-state index in [1.54, 1.807) is 18.2 Å². The molecule has 1 aromatic carbocycles. The largest absolute Gasteiger partial charge is 0.338 e. The number of amides is 2. The van der Waals surface area contributed by atoms with Crippen molar-refractivity contribution in [2.45, 2.75) is 110 Å². The van der Waals surface area contributed by atoms with Gasteiger partial charge in [-0.05, 0) is 18.6 Å². The average Bonchev–Trinajstić information content (AvgIpc) is 2.73. The summed E-state index contributed by atoms with van der Waals surface area (Å²) in [5, 5.41) is 6.42. The van der Waals surface area contributed by atoms with Crippen LogP contribution in [0, 0.1) is 0 Å². The van der Waals surface area contributed by atoms with Gasteiger partial charge in [0.1, 0.15) is 0 Å². The number of carbonyl (C=O) groups excluding carboxylic acids is 1. The fourth-order valence-electron chi connectivity index (χ4n) is 3.64. The Hall–Kier alpha value is -0.930. The van der Waals surface area contributed by atoms with Crippen LogP contribution >= 0.6 is 23.2 Å². The number of hydrogen-bond donors (Lipinski definition) is 2. The van der Waals surface area contributed by atoms with E-state index in [0.29, 0.717) is 22.3 Å². The van der Waals surface area contributed by atoms with E-state index < -0.39 is 0 Å². The molecule has 0 aliphatic rings. The fraction of sp³-hybridized carbons (Fsp3) is 0.720. The second-order valence-corrected chi connectivity index (χ2v) is 9.07. The van der Waals surface area contributed by atoms with Crippen LogP contribution in [0.25, 0.3) is 0 Å². The molecule has 5 heteroatoms. The Morgan fingerprint density at radius 3 is 1.70 bits per heavy atom. The van der Waals surface area contributed by atoms with Crippen LogP contribution in [0.3, 0.4) is 0 Å². The molecular formula is C25H42Cl2N2O. The molecule has 0 spiro atoms. The normalized spacial score (nSPS) is 10.9. The highest BCUT2D eigenvalue weighted by Gasteiger charge is 2.07. The predicted molar refractivity (Wildman–Crippen MR) is 133 cm³/mol. The van der Waals surface area contributed by atoms with Crippen LogP contribution in [-0.4, -0.2) is 12.6 Å². The van der Waals surface area contributed by atoms with Crippen molar-refractivity contribution in [3.63, 3.8) is 0 Å². The molecule has 0 saturated carbocycles. The highest BCUT2D eigenvalue weighted by atomic mass is 35.5. The van der Waals surface area contributed by atoms with Gasteiger partial charge in [-0.3, -0.25) is 0 Å². The summed E-state index contributed by atoms with van der Waals surface area (Å²) in [5.74, 6) is 0. The van der Waals surface area contributed by atoms with Crippen LogP contribution in [-0.2, 0) is 0 Å². The standard InChI is InChI=1S/C25H42Cl2N2O/c1-2-3-4-5-6-7-8-9-10-11-12-13-14-15-16-17-21-28-25(30)29-23-20-18-19-22(26)24(23)27/h18-20H,2-17,21H2,1H3,(H2,28,29,30). The number of benzene rings is 1. The first-order valence-electron chi connectivity index (χ1n) is 12.1. The summed E-state index contributed by atoms with van der Waals surface area (Å²) in [7, 11) is 0. The van der Waals surface area contributed by atoms with Crippen molar-refractivity contribution >= 4 is 34.9 Å². The van der Waals surface area contributed by atoms with E-state index in [9.17, 15) is 4.79 Å². The van der Waals surface area contributed by atoms with Gasteiger partial charge in [0.25, 0.3) is 0 Å². The van der Waals surface area contributed by atoms with E-state index in [4.69, 9.17) is 23.2 Å². The van der Waals surface area contributed by atoms with Gasteiger partial charge in [0.15, 0.2) is 0 Å². The molecule has 2 N–H and O–H groups in total. The van der Waals surface area contributed by atoms with Crippen molar-refractivity contribution in [2.24, 2.45) is 0 Å². The Kier molecular flexibility index (Phi) is 17.0. The quantitative estimate of drug-likeness (QED) is 0.212. The number of urea groups is 1. The molecule has 0 fully saturated rings. The van der Waals surface area contributed by atoms with Crippen molar-refractivity contribution in [3.8, 4) is 0 Å². The Bertz CT molecular complexity index is 566. The van der Waals surface area contributed by atoms with Gasteiger partial charge in [-0.25, -0.2) is 4.79 Å². The molecule has 0 heterocycles. The van der Waals surface area contributed by atoms with Crippen molar-refractivity contribution in [2.75, 3.05) is 11.9 Å². The van der Waals surface area contributed by atoms with Crippen LogP contribution < -0.4 is 10.6 Å². The minimum absolute atomic E-state index is 0.236. The molecule has 0 bridgehead atoms. The second-order valence-electron chi connectivity index (χ2n) is 8.29. The van der Waals surface area contributed by atoms with Crippen LogP contribution in [0.4, 0.5) is 10.5 Å². The summed E-state index contributed by atoms with van der Waals surface area (Å²) in [6.07, 6.45) is 21.6. The van der Waals surface area contributed by atoms with Gasteiger partial charge in [0.05, 0.1) is 15.7 Å². The van der Waals surface area contributed by atoms with Crippen molar-refractivity contribution in [3.05, 3.63) is 28.2 Å². The molecule has 172 valence electrons. The Balaban J connectivity index is 1.83. The maximum absolute atomic E-state index is 11.9. The third kappa shape index (κ3) is 14.1. The minimum Gasteiger partial charge on any atom is -0.338 e. The lowest BCUT2D eigenvalue weighted by molar-refractivity contribution is 0.252. The van der Waals surface area contributed by atoms with Gasteiger partial charge in [0, 0.05) is 6.54 Å². The van der Waals surface area contributed by atoms with E-state index in [0.717, 1.165) is 12.8 Å². The molecule has 0 radical (unpaired) electrons. The Morgan fingerprint density at radius 1 is 0.733 bits per heavy atom. The number of unbranched alkanes of at least 4 members (excludes halogenated alkanes) is 15. The molecule has 3 nitrogen and oxygen atoms in total. The maximum Gasteiger partial charge on any atom is 0.319 e. The van der Waals surface area contributed by atoms with E-state index in [1.165, 1.54) is 89.9 Å². The third-order valence-corrected chi connectivity index (χ3v) is 6.33.